The van der Waals surface area contributed by atoms with Gasteiger partial charge in [0.05, 0.1) is 13.7 Å². The normalized spacial score (nSPS) is 20.4. The SMILES string of the molecule is CCNC(=NCc1cccc(OC)c1O)NC1CCN(C(=O)C2CCCC2)C1. The van der Waals surface area contributed by atoms with Gasteiger partial charge in [-0.25, -0.2) is 4.99 Å². The van der Waals surface area contributed by atoms with Crippen molar-refractivity contribution in [1.29, 1.82) is 0 Å². The van der Waals surface area contributed by atoms with Crippen molar-refractivity contribution in [2.45, 2.75) is 51.6 Å². The van der Waals surface area contributed by atoms with Crippen molar-refractivity contribution in [2.24, 2.45) is 10.9 Å². The molecule has 28 heavy (non-hydrogen) atoms. The molecule has 1 amide bonds. The number of benzene rings is 1. The van der Waals surface area contributed by atoms with Gasteiger partial charge in [-0.15, -0.1) is 0 Å². The van der Waals surface area contributed by atoms with Crippen LogP contribution in [-0.2, 0) is 11.3 Å². The van der Waals surface area contributed by atoms with Crippen LogP contribution < -0.4 is 15.4 Å². The standard InChI is InChI=1S/C21H32N4O3/c1-3-22-21(23-13-16-9-6-10-18(28-2)19(16)26)24-17-11-12-25(14-17)20(27)15-7-4-5-8-15/h6,9-10,15,17,26H,3-5,7-8,11-14H2,1-2H3,(H2,22,23,24). The Hall–Kier alpha value is -2.44. The second-order valence-electron chi connectivity index (χ2n) is 7.56. The molecule has 1 aliphatic carbocycles. The highest BCUT2D eigenvalue weighted by molar-refractivity contribution is 5.81. The lowest BCUT2D eigenvalue weighted by molar-refractivity contribution is -0.134. The summed E-state index contributed by atoms with van der Waals surface area (Å²) in [6.07, 6.45) is 5.37. The van der Waals surface area contributed by atoms with Gasteiger partial charge in [-0.2, -0.15) is 0 Å². The Morgan fingerprint density at radius 2 is 2.11 bits per heavy atom. The number of hydrogen-bond acceptors (Lipinski definition) is 4. The van der Waals surface area contributed by atoms with Crippen molar-refractivity contribution < 1.29 is 14.6 Å². The van der Waals surface area contributed by atoms with E-state index in [1.54, 1.807) is 6.07 Å². The predicted molar refractivity (Wildman–Crippen MR) is 110 cm³/mol. The quantitative estimate of drug-likeness (QED) is 0.514. The van der Waals surface area contributed by atoms with Crippen molar-refractivity contribution >= 4 is 11.9 Å². The number of methoxy groups -OCH3 is 1. The Bertz CT molecular complexity index is 701. The van der Waals surface area contributed by atoms with E-state index in [2.05, 4.69) is 15.6 Å². The molecule has 3 rings (SSSR count). The lowest BCUT2D eigenvalue weighted by Crippen LogP contribution is -2.45. The van der Waals surface area contributed by atoms with E-state index in [4.69, 9.17) is 4.74 Å². The summed E-state index contributed by atoms with van der Waals surface area (Å²) in [5, 5.41) is 16.9. The molecule has 0 spiro atoms. The number of aliphatic imine (C=N–C) groups is 1. The molecule has 0 bridgehead atoms. The number of hydrogen-bond donors (Lipinski definition) is 3. The smallest absolute Gasteiger partial charge is 0.225 e. The number of rotatable bonds is 6. The number of phenols is 1. The minimum atomic E-state index is 0.124. The summed E-state index contributed by atoms with van der Waals surface area (Å²) >= 11 is 0. The molecule has 1 saturated carbocycles. The van der Waals surface area contributed by atoms with Gasteiger partial charge in [0.2, 0.25) is 5.91 Å². The maximum absolute atomic E-state index is 12.6. The average molecular weight is 389 g/mol. The van der Waals surface area contributed by atoms with Crippen molar-refractivity contribution in [3.05, 3.63) is 23.8 Å². The lowest BCUT2D eigenvalue weighted by atomic mass is 10.1. The van der Waals surface area contributed by atoms with Crippen LogP contribution >= 0.6 is 0 Å². The van der Waals surface area contributed by atoms with Crippen molar-refractivity contribution in [3.63, 3.8) is 0 Å². The molecule has 7 heteroatoms. The summed E-state index contributed by atoms with van der Waals surface area (Å²) in [5.41, 5.74) is 0.709. The van der Waals surface area contributed by atoms with Crippen LogP contribution in [0.5, 0.6) is 11.5 Å². The number of carbonyl (C=O) groups excluding carboxylic acids is 1. The number of aromatic hydroxyl groups is 1. The summed E-state index contributed by atoms with van der Waals surface area (Å²) in [5.74, 6) is 1.83. The highest BCUT2D eigenvalue weighted by atomic mass is 16.5. The zero-order valence-electron chi connectivity index (χ0n) is 16.9. The van der Waals surface area contributed by atoms with Gasteiger partial charge in [0.15, 0.2) is 17.5 Å². The van der Waals surface area contributed by atoms with Crippen molar-refractivity contribution in [3.8, 4) is 11.5 Å². The van der Waals surface area contributed by atoms with Crippen LogP contribution in [-0.4, -0.2) is 54.7 Å². The number of nitrogens with one attached hydrogen (secondary N) is 2. The number of phenolic OH excluding ortho intramolecular Hbond substituents is 1. The Morgan fingerprint density at radius 3 is 2.82 bits per heavy atom. The molecular weight excluding hydrogens is 356 g/mol. The highest BCUT2D eigenvalue weighted by Gasteiger charge is 2.32. The first kappa shape index (κ1) is 20.3. The number of carbonyl (C=O) groups is 1. The maximum atomic E-state index is 12.6. The third kappa shape index (κ3) is 4.88. The van der Waals surface area contributed by atoms with Gasteiger partial charge in [0.1, 0.15) is 0 Å². The molecule has 1 aliphatic heterocycles. The van der Waals surface area contributed by atoms with Gasteiger partial charge in [0, 0.05) is 37.2 Å². The van der Waals surface area contributed by atoms with E-state index in [9.17, 15) is 9.90 Å². The van der Waals surface area contributed by atoms with Crippen molar-refractivity contribution in [1.82, 2.24) is 15.5 Å². The van der Waals surface area contributed by atoms with E-state index in [0.29, 0.717) is 29.7 Å². The highest BCUT2D eigenvalue weighted by Crippen LogP contribution is 2.30. The average Bonchev–Trinajstić information content (AvgIpc) is 3.39. The molecule has 154 valence electrons. The third-order valence-electron chi connectivity index (χ3n) is 5.60. The monoisotopic (exact) mass is 388 g/mol. The number of nitrogens with zero attached hydrogens (tertiary/aromatic N) is 2. The van der Waals surface area contributed by atoms with Gasteiger partial charge in [-0.05, 0) is 32.3 Å². The molecule has 1 atom stereocenters. The van der Waals surface area contributed by atoms with Gasteiger partial charge >= 0.3 is 0 Å². The minimum absolute atomic E-state index is 0.124. The molecule has 1 heterocycles. The van der Waals surface area contributed by atoms with E-state index in [1.807, 2.05) is 24.0 Å². The van der Waals surface area contributed by atoms with E-state index in [0.717, 1.165) is 38.9 Å². The molecule has 1 aromatic rings. The summed E-state index contributed by atoms with van der Waals surface area (Å²) in [4.78, 5) is 19.2. The fourth-order valence-electron chi connectivity index (χ4n) is 4.05. The number of likely N-dealkylation sites (tertiary alicyclic amines) is 1. The zero-order chi connectivity index (χ0) is 19.9. The van der Waals surface area contributed by atoms with E-state index in [-0.39, 0.29) is 17.7 Å². The molecule has 2 aliphatic rings. The summed E-state index contributed by atoms with van der Waals surface area (Å²) in [7, 11) is 1.53. The molecule has 0 radical (unpaired) electrons. The summed E-state index contributed by atoms with van der Waals surface area (Å²) in [6.45, 7) is 4.64. The fourth-order valence-corrected chi connectivity index (χ4v) is 4.05. The number of ether oxygens (including phenoxy) is 1. The summed E-state index contributed by atoms with van der Waals surface area (Å²) < 4.78 is 5.16. The second kappa shape index (κ2) is 9.66. The minimum Gasteiger partial charge on any atom is -0.504 e. The van der Waals surface area contributed by atoms with Gasteiger partial charge < -0.3 is 25.4 Å². The Labute approximate surface area is 167 Å². The molecule has 7 nitrogen and oxygen atoms in total. The first-order valence-electron chi connectivity index (χ1n) is 10.3. The van der Waals surface area contributed by atoms with Crippen LogP contribution in [0.1, 0.15) is 44.6 Å². The van der Waals surface area contributed by atoms with Crippen LogP contribution in [0.25, 0.3) is 0 Å². The molecular formula is C21H32N4O3. The van der Waals surface area contributed by atoms with Crippen LogP contribution in [0, 0.1) is 5.92 Å². The Morgan fingerprint density at radius 1 is 1.32 bits per heavy atom. The molecule has 1 saturated heterocycles. The Balaban J connectivity index is 1.58. The predicted octanol–water partition coefficient (Wildman–Crippen LogP) is 2.25. The van der Waals surface area contributed by atoms with Crippen LogP contribution in [0.3, 0.4) is 0 Å². The largest absolute Gasteiger partial charge is 0.504 e. The van der Waals surface area contributed by atoms with E-state index < -0.39 is 0 Å². The van der Waals surface area contributed by atoms with Crippen LogP contribution in [0.4, 0.5) is 0 Å². The maximum Gasteiger partial charge on any atom is 0.225 e. The third-order valence-corrected chi connectivity index (χ3v) is 5.60. The summed E-state index contributed by atoms with van der Waals surface area (Å²) in [6, 6.07) is 5.60. The number of guanidine groups is 1. The number of amides is 1. The van der Waals surface area contributed by atoms with Gasteiger partial charge in [0.25, 0.3) is 0 Å². The van der Waals surface area contributed by atoms with E-state index in [1.165, 1.54) is 20.0 Å². The topological polar surface area (TPSA) is 86.2 Å². The molecule has 3 N–H and O–H groups in total. The zero-order valence-corrected chi connectivity index (χ0v) is 16.9. The first-order valence-corrected chi connectivity index (χ1v) is 10.3. The lowest BCUT2D eigenvalue weighted by Gasteiger charge is -2.21. The van der Waals surface area contributed by atoms with Gasteiger partial charge in [-0.3, -0.25) is 4.79 Å². The van der Waals surface area contributed by atoms with Crippen LogP contribution in [0.2, 0.25) is 0 Å². The molecule has 2 fully saturated rings. The van der Waals surface area contributed by atoms with Gasteiger partial charge in [-0.1, -0.05) is 25.0 Å². The molecule has 1 unspecified atom stereocenters. The van der Waals surface area contributed by atoms with Crippen LogP contribution in [0.15, 0.2) is 23.2 Å². The number of para-hydroxylation sites is 1. The first-order chi connectivity index (χ1) is 13.6. The van der Waals surface area contributed by atoms with Crippen molar-refractivity contribution in [2.75, 3.05) is 26.7 Å². The fraction of sp³-hybridized carbons (Fsp3) is 0.619. The molecule has 1 aromatic carbocycles. The second-order valence-corrected chi connectivity index (χ2v) is 7.56. The van der Waals surface area contributed by atoms with E-state index >= 15 is 0 Å². The Kier molecular flexibility index (Phi) is 7.01. The molecule has 0 aromatic heterocycles.